The highest BCUT2D eigenvalue weighted by Crippen LogP contribution is 2.44. The Hall–Kier alpha value is -1.22. The van der Waals surface area contributed by atoms with Gasteiger partial charge in [-0.2, -0.15) is 0 Å². The Balaban J connectivity index is 1.74. The van der Waals surface area contributed by atoms with Gasteiger partial charge in [0.15, 0.2) is 0 Å². The summed E-state index contributed by atoms with van der Waals surface area (Å²) in [6.07, 6.45) is 8.03. The number of carbonyl (C=O) groups is 1. The molecule has 1 saturated heterocycles. The number of carboxylic acid groups (broad SMARTS) is 1. The van der Waals surface area contributed by atoms with Gasteiger partial charge in [-0.05, 0) is 31.0 Å². The molecule has 0 aromatic heterocycles. The first-order valence-corrected chi connectivity index (χ1v) is 7.75. The zero-order valence-corrected chi connectivity index (χ0v) is 12.3. The predicted molar refractivity (Wildman–Crippen MR) is 80.8 cm³/mol. The van der Waals surface area contributed by atoms with Gasteiger partial charge >= 0.3 is 5.97 Å². The van der Waals surface area contributed by atoms with Crippen LogP contribution < -0.4 is 4.90 Å². The lowest BCUT2D eigenvalue weighted by molar-refractivity contribution is 0.0697. The Bertz CT molecular complexity index is 513. The molecular weight excluding hydrogens is 274 g/mol. The summed E-state index contributed by atoms with van der Waals surface area (Å²) in [5.74, 6) is -0.918. The number of hydrogen-bond donors (Lipinski definition) is 1. The summed E-state index contributed by atoms with van der Waals surface area (Å²) in [4.78, 5) is 13.4. The third-order valence-corrected chi connectivity index (χ3v) is 4.93. The van der Waals surface area contributed by atoms with Crippen LogP contribution in [-0.4, -0.2) is 24.2 Å². The van der Waals surface area contributed by atoms with Gasteiger partial charge in [0.2, 0.25) is 0 Å². The van der Waals surface area contributed by atoms with Crippen LogP contribution in [0.5, 0.6) is 0 Å². The highest BCUT2D eigenvalue weighted by atomic mass is 35.5. The van der Waals surface area contributed by atoms with Gasteiger partial charge in [-0.15, -0.1) is 0 Å². The second kappa shape index (κ2) is 5.28. The first-order valence-electron chi connectivity index (χ1n) is 7.37. The van der Waals surface area contributed by atoms with E-state index in [4.69, 9.17) is 16.7 Å². The van der Waals surface area contributed by atoms with Crippen LogP contribution in [0.25, 0.3) is 0 Å². The molecule has 4 heteroatoms. The quantitative estimate of drug-likeness (QED) is 0.888. The number of anilines is 1. The van der Waals surface area contributed by atoms with Crippen molar-refractivity contribution in [2.45, 2.75) is 38.5 Å². The van der Waals surface area contributed by atoms with Gasteiger partial charge in [-0.25, -0.2) is 4.79 Å². The van der Waals surface area contributed by atoms with E-state index in [-0.39, 0.29) is 5.56 Å². The molecule has 0 unspecified atom stereocenters. The fraction of sp³-hybridized carbons (Fsp3) is 0.562. The van der Waals surface area contributed by atoms with E-state index in [9.17, 15) is 4.79 Å². The molecule has 1 aromatic rings. The first-order chi connectivity index (χ1) is 9.58. The molecule has 1 aromatic carbocycles. The Morgan fingerprint density at radius 2 is 1.75 bits per heavy atom. The number of halogens is 1. The van der Waals surface area contributed by atoms with Crippen LogP contribution in [0.15, 0.2) is 18.2 Å². The van der Waals surface area contributed by atoms with E-state index in [0.717, 1.165) is 18.8 Å². The molecule has 20 heavy (non-hydrogen) atoms. The van der Waals surface area contributed by atoms with Crippen molar-refractivity contribution in [1.29, 1.82) is 0 Å². The van der Waals surface area contributed by atoms with Crippen LogP contribution in [0.3, 0.4) is 0 Å². The Morgan fingerprint density at radius 1 is 1.10 bits per heavy atom. The van der Waals surface area contributed by atoms with Crippen LogP contribution in [0, 0.1) is 5.41 Å². The SMILES string of the molecule is O=C(O)c1cc(Cl)cc(N2CC3(CCCCCC3)C2)c1. The van der Waals surface area contributed by atoms with E-state index < -0.39 is 5.97 Å². The maximum absolute atomic E-state index is 11.1. The lowest BCUT2D eigenvalue weighted by atomic mass is 9.73. The van der Waals surface area contributed by atoms with Crippen molar-refractivity contribution in [3.63, 3.8) is 0 Å². The summed E-state index contributed by atoms with van der Waals surface area (Å²) in [5.41, 5.74) is 1.70. The minimum atomic E-state index is -0.918. The summed E-state index contributed by atoms with van der Waals surface area (Å²) in [7, 11) is 0. The van der Waals surface area contributed by atoms with E-state index in [1.54, 1.807) is 6.07 Å². The molecular formula is C16H20ClNO2. The summed E-state index contributed by atoms with van der Waals surface area (Å²) in [5, 5.41) is 9.61. The van der Waals surface area contributed by atoms with Crippen LogP contribution in [0.1, 0.15) is 48.9 Å². The molecule has 2 aliphatic rings. The molecule has 3 nitrogen and oxygen atoms in total. The standard InChI is InChI=1S/C16H20ClNO2/c17-13-7-12(15(19)20)8-14(9-13)18-10-16(11-18)5-3-1-2-4-6-16/h7-9H,1-6,10-11H2,(H,19,20). The minimum Gasteiger partial charge on any atom is -0.478 e. The van der Waals surface area contributed by atoms with E-state index in [2.05, 4.69) is 4.90 Å². The second-order valence-corrected chi connectivity index (χ2v) is 6.71. The monoisotopic (exact) mass is 293 g/mol. The van der Waals surface area contributed by atoms with Crippen molar-refractivity contribution in [2.24, 2.45) is 5.41 Å². The van der Waals surface area contributed by atoms with Crippen LogP contribution in [-0.2, 0) is 0 Å². The summed E-state index contributed by atoms with van der Waals surface area (Å²) < 4.78 is 0. The molecule has 0 radical (unpaired) electrons. The fourth-order valence-corrected chi connectivity index (χ4v) is 3.85. The number of aromatic carboxylic acids is 1. The van der Waals surface area contributed by atoms with Crippen LogP contribution in [0.4, 0.5) is 5.69 Å². The van der Waals surface area contributed by atoms with Gasteiger partial charge in [0.25, 0.3) is 0 Å². The Labute approximate surface area is 124 Å². The third kappa shape index (κ3) is 2.64. The molecule has 0 atom stereocenters. The highest BCUT2D eigenvalue weighted by Gasteiger charge is 2.42. The average Bonchev–Trinajstić information content (AvgIpc) is 2.61. The van der Waals surface area contributed by atoms with Gasteiger partial charge in [-0.3, -0.25) is 0 Å². The van der Waals surface area contributed by atoms with Gasteiger partial charge < -0.3 is 10.0 Å². The maximum atomic E-state index is 11.1. The highest BCUT2D eigenvalue weighted by molar-refractivity contribution is 6.31. The number of benzene rings is 1. The van der Waals surface area contributed by atoms with E-state index in [0.29, 0.717) is 10.4 Å². The van der Waals surface area contributed by atoms with Gasteiger partial charge in [-0.1, -0.05) is 37.3 Å². The molecule has 1 N–H and O–H groups in total. The topological polar surface area (TPSA) is 40.5 Å². The summed E-state index contributed by atoms with van der Waals surface area (Å²) in [6, 6.07) is 5.12. The van der Waals surface area contributed by atoms with Crippen molar-refractivity contribution in [2.75, 3.05) is 18.0 Å². The number of nitrogens with zero attached hydrogens (tertiary/aromatic N) is 1. The minimum absolute atomic E-state index is 0.273. The van der Waals surface area contributed by atoms with Gasteiger partial charge in [0.05, 0.1) is 5.56 Å². The second-order valence-electron chi connectivity index (χ2n) is 6.27. The molecule has 3 rings (SSSR count). The van der Waals surface area contributed by atoms with Crippen molar-refractivity contribution < 1.29 is 9.90 Å². The fourth-order valence-electron chi connectivity index (χ4n) is 3.62. The molecule has 2 fully saturated rings. The molecule has 0 bridgehead atoms. The molecule has 0 amide bonds. The molecule has 1 spiro atoms. The average molecular weight is 294 g/mol. The molecule has 108 valence electrons. The number of carboxylic acids is 1. The molecule has 1 aliphatic heterocycles. The summed E-state index contributed by atoms with van der Waals surface area (Å²) >= 11 is 6.03. The van der Waals surface area contributed by atoms with E-state index in [1.165, 1.54) is 44.6 Å². The largest absolute Gasteiger partial charge is 0.478 e. The van der Waals surface area contributed by atoms with Gasteiger partial charge in [0.1, 0.15) is 0 Å². The lowest BCUT2D eigenvalue weighted by Crippen LogP contribution is -2.56. The molecule has 1 saturated carbocycles. The smallest absolute Gasteiger partial charge is 0.335 e. The Kier molecular flexibility index (Phi) is 3.63. The number of hydrogen-bond acceptors (Lipinski definition) is 2. The molecule has 1 aliphatic carbocycles. The van der Waals surface area contributed by atoms with E-state index in [1.807, 2.05) is 6.07 Å². The normalized spacial score (nSPS) is 21.4. The summed E-state index contributed by atoms with van der Waals surface area (Å²) in [6.45, 7) is 2.10. The third-order valence-electron chi connectivity index (χ3n) is 4.71. The van der Waals surface area contributed by atoms with Crippen molar-refractivity contribution in [1.82, 2.24) is 0 Å². The Morgan fingerprint density at radius 3 is 2.35 bits per heavy atom. The van der Waals surface area contributed by atoms with Crippen molar-refractivity contribution in [3.05, 3.63) is 28.8 Å². The maximum Gasteiger partial charge on any atom is 0.335 e. The first kappa shape index (κ1) is 13.7. The van der Waals surface area contributed by atoms with Crippen molar-refractivity contribution >= 4 is 23.3 Å². The van der Waals surface area contributed by atoms with Crippen LogP contribution >= 0.6 is 11.6 Å². The van der Waals surface area contributed by atoms with Crippen LogP contribution in [0.2, 0.25) is 5.02 Å². The molecule has 1 heterocycles. The van der Waals surface area contributed by atoms with Gasteiger partial charge in [0, 0.05) is 29.2 Å². The lowest BCUT2D eigenvalue weighted by Gasteiger charge is -2.51. The predicted octanol–water partition coefficient (Wildman–Crippen LogP) is 4.20. The zero-order valence-electron chi connectivity index (χ0n) is 11.6. The van der Waals surface area contributed by atoms with E-state index >= 15 is 0 Å². The zero-order chi connectivity index (χ0) is 14.2. The number of rotatable bonds is 2. The van der Waals surface area contributed by atoms with Crippen molar-refractivity contribution in [3.8, 4) is 0 Å².